The van der Waals surface area contributed by atoms with Crippen LogP contribution >= 0.6 is 0 Å². The Morgan fingerprint density at radius 1 is 1.05 bits per heavy atom. The summed E-state index contributed by atoms with van der Waals surface area (Å²) >= 11 is 0. The predicted octanol–water partition coefficient (Wildman–Crippen LogP) is 3.46. The van der Waals surface area contributed by atoms with E-state index in [-0.39, 0.29) is 0 Å². The van der Waals surface area contributed by atoms with Crippen molar-refractivity contribution < 1.29 is 4.74 Å². The third-order valence-electron chi connectivity index (χ3n) is 2.94. The number of aryl methyl sites for hydroxylation is 1. The Morgan fingerprint density at radius 2 is 1.84 bits per heavy atom. The fourth-order valence-corrected chi connectivity index (χ4v) is 1.92. The molecule has 2 aromatic rings. The standard InChI is InChI=1S/C16H20N2O/c1-13-7-5-10-15(17)16(13)18-11-6-12-19-14-8-3-2-4-9-14/h2-5,7-10,18H,6,11-12,17H2,1H3. The van der Waals surface area contributed by atoms with Gasteiger partial charge in [-0.25, -0.2) is 0 Å². The number of nitrogens with two attached hydrogens (primary N) is 1. The van der Waals surface area contributed by atoms with Gasteiger partial charge in [-0.2, -0.15) is 0 Å². The van der Waals surface area contributed by atoms with Gasteiger partial charge in [0.25, 0.3) is 0 Å². The molecule has 0 saturated carbocycles. The van der Waals surface area contributed by atoms with Gasteiger partial charge in [0.05, 0.1) is 18.0 Å². The SMILES string of the molecule is Cc1cccc(N)c1NCCCOc1ccccc1. The summed E-state index contributed by atoms with van der Waals surface area (Å²) in [6.45, 7) is 3.60. The first-order valence-corrected chi connectivity index (χ1v) is 6.54. The Labute approximate surface area is 114 Å². The Balaban J connectivity index is 1.73. The second kappa shape index (κ2) is 6.69. The summed E-state index contributed by atoms with van der Waals surface area (Å²) in [7, 11) is 0. The first-order valence-electron chi connectivity index (χ1n) is 6.54. The summed E-state index contributed by atoms with van der Waals surface area (Å²) in [5, 5.41) is 3.36. The highest BCUT2D eigenvalue weighted by atomic mass is 16.5. The van der Waals surface area contributed by atoms with Crippen LogP contribution in [-0.4, -0.2) is 13.2 Å². The number of para-hydroxylation sites is 2. The molecule has 0 saturated heterocycles. The zero-order valence-corrected chi connectivity index (χ0v) is 11.2. The fourth-order valence-electron chi connectivity index (χ4n) is 1.92. The first-order chi connectivity index (χ1) is 9.27. The van der Waals surface area contributed by atoms with Gasteiger partial charge >= 0.3 is 0 Å². The van der Waals surface area contributed by atoms with Crippen molar-refractivity contribution >= 4 is 11.4 Å². The van der Waals surface area contributed by atoms with E-state index >= 15 is 0 Å². The number of rotatable bonds is 6. The van der Waals surface area contributed by atoms with Crippen LogP contribution in [0.25, 0.3) is 0 Å². The van der Waals surface area contributed by atoms with Crippen LogP contribution in [0.1, 0.15) is 12.0 Å². The van der Waals surface area contributed by atoms with Gasteiger partial charge in [0.1, 0.15) is 5.75 Å². The van der Waals surface area contributed by atoms with E-state index in [4.69, 9.17) is 10.5 Å². The molecule has 0 spiro atoms. The van der Waals surface area contributed by atoms with Gasteiger partial charge < -0.3 is 15.8 Å². The van der Waals surface area contributed by atoms with Gasteiger partial charge in [-0.05, 0) is 37.1 Å². The molecule has 100 valence electrons. The molecule has 0 fully saturated rings. The summed E-state index contributed by atoms with van der Waals surface area (Å²) in [5.41, 5.74) is 8.93. The van der Waals surface area contributed by atoms with Crippen LogP contribution in [0.5, 0.6) is 5.75 Å². The van der Waals surface area contributed by atoms with Crippen LogP contribution < -0.4 is 15.8 Å². The second-order valence-corrected chi connectivity index (χ2v) is 4.48. The summed E-state index contributed by atoms with van der Waals surface area (Å²) in [4.78, 5) is 0. The fraction of sp³-hybridized carbons (Fsp3) is 0.250. The van der Waals surface area contributed by atoms with E-state index in [0.29, 0.717) is 6.61 Å². The zero-order valence-electron chi connectivity index (χ0n) is 11.2. The highest BCUT2D eigenvalue weighted by Gasteiger charge is 2.01. The maximum atomic E-state index is 5.93. The zero-order chi connectivity index (χ0) is 13.5. The van der Waals surface area contributed by atoms with Crippen LogP contribution in [0.3, 0.4) is 0 Å². The molecule has 0 atom stereocenters. The predicted molar refractivity (Wildman–Crippen MR) is 80.6 cm³/mol. The number of nitrogens with one attached hydrogen (secondary N) is 1. The molecule has 0 amide bonds. The average molecular weight is 256 g/mol. The van der Waals surface area contributed by atoms with Gasteiger partial charge in [-0.1, -0.05) is 30.3 Å². The van der Waals surface area contributed by atoms with E-state index < -0.39 is 0 Å². The van der Waals surface area contributed by atoms with Crippen LogP contribution in [0.2, 0.25) is 0 Å². The lowest BCUT2D eigenvalue weighted by atomic mass is 10.1. The minimum Gasteiger partial charge on any atom is -0.494 e. The molecule has 0 radical (unpaired) electrons. The van der Waals surface area contributed by atoms with E-state index in [1.54, 1.807) is 0 Å². The third-order valence-corrected chi connectivity index (χ3v) is 2.94. The van der Waals surface area contributed by atoms with Crippen molar-refractivity contribution in [3.8, 4) is 5.75 Å². The summed E-state index contributed by atoms with van der Waals surface area (Å²) in [6.07, 6.45) is 0.933. The van der Waals surface area contributed by atoms with E-state index in [1.165, 1.54) is 5.56 Å². The lowest BCUT2D eigenvalue weighted by molar-refractivity contribution is 0.315. The number of hydrogen-bond acceptors (Lipinski definition) is 3. The van der Waals surface area contributed by atoms with Crippen molar-refractivity contribution in [2.75, 3.05) is 24.2 Å². The summed E-state index contributed by atoms with van der Waals surface area (Å²) in [6, 6.07) is 15.8. The summed E-state index contributed by atoms with van der Waals surface area (Å²) in [5.74, 6) is 0.915. The lowest BCUT2D eigenvalue weighted by Crippen LogP contribution is -2.09. The number of benzene rings is 2. The molecule has 3 heteroatoms. The number of hydrogen-bond donors (Lipinski definition) is 2. The minimum atomic E-state index is 0.697. The maximum Gasteiger partial charge on any atom is 0.119 e. The van der Waals surface area contributed by atoms with Crippen LogP contribution in [-0.2, 0) is 0 Å². The Hall–Kier alpha value is -2.16. The molecular formula is C16H20N2O. The summed E-state index contributed by atoms with van der Waals surface area (Å²) < 4.78 is 5.63. The molecule has 0 bridgehead atoms. The van der Waals surface area contributed by atoms with Crippen molar-refractivity contribution in [3.63, 3.8) is 0 Å². The Kier molecular flexibility index (Phi) is 4.67. The van der Waals surface area contributed by atoms with Gasteiger partial charge in [-0.15, -0.1) is 0 Å². The number of nitrogen functional groups attached to an aromatic ring is 1. The molecular weight excluding hydrogens is 236 g/mol. The largest absolute Gasteiger partial charge is 0.494 e. The molecule has 0 aliphatic carbocycles. The number of ether oxygens (including phenoxy) is 1. The van der Waals surface area contributed by atoms with Crippen molar-refractivity contribution in [1.29, 1.82) is 0 Å². The lowest BCUT2D eigenvalue weighted by Gasteiger charge is -2.12. The van der Waals surface area contributed by atoms with Crippen LogP contribution in [0.4, 0.5) is 11.4 Å². The quantitative estimate of drug-likeness (QED) is 0.614. The van der Waals surface area contributed by atoms with Gasteiger partial charge in [0.2, 0.25) is 0 Å². The van der Waals surface area contributed by atoms with Crippen molar-refractivity contribution in [1.82, 2.24) is 0 Å². The van der Waals surface area contributed by atoms with Gasteiger partial charge in [0, 0.05) is 6.54 Å². The first kappa shape index (κ1) is 13.3. The van der Waals surface area contributed by atoms with Crippen LogP contribution in [0.15, 0.2) is 48.5 Å². The van der Waals surface area contributed by atoms with E-state index in [0.717, 1.165) is 30.1 Å². The Morgan fingerprint density at radius 3 is 2.58 bits per heavy atom. The average Bonchev–Trinajstić information content (AvgIpc) is 2.42. The molecule has 0 aliphatic heterocycles. The van der Waals surface area contributed by atoms with Gasteiger partial charge in [0.15, 0.2) is 0 Å². The molecule has 3 nitrogen and oxygen atoms in total. The Bertz CT molecular complexity index is 491. The van der Waals surface area contributed by atoms with Crippen molar-refractivity contribution in [3.05, 3.63) is 54.1 Å². The molecule has 0 unspecified atom stereocenters. The smallest absolute Gasteiger partial charge is 0.119 e. The number of anilines is 2. The molecule has 0 aliphatic rings. The highest BCUT2D eigenvalue weighted by molar-refractivity contribution is 5.69. The maximum absolute atomic E-state index is 5.93. The van der Waals surface area contributed by atoms with Crippen molar-refractivity contribution in [2.45, 2.75) is 13.3 Å². The molecule has 3 N–H and O–H groups in total. The van der Waals surface area contributed by atoms with Crippen molar-refractivity contribution in [2.24, 2.45) is 0 Å². The molecule has 19 heavy (non-hydrogen) atoms. The van der Waals surface area contributed by atoms with Gasteiger partial charge in [-0.3, -0.25) is 0 Å². The van der Waals surface area contributed by atoms with E-state index in [1.807, 2.05) is 42.5 Å². The van der Waals surface area contributed by atoms with E-state index in [2.05, 4.69) is 18.3 Å². The molecule has 0 heterocycles. The highest BCUT2D eigenvalue weighted by Crippen LogP contribution is 2.22. The third kappa shape index (κ3) is 3.91. The van der Waals surface area contributed by atoms with Crippen LogP contribution in [0, 0.1) is 6.92 Å². The monoisotopic (exact) mass is 256 g/mol. The van der Waals surface area contributed by atoms with E-state index in [9.17, 15) is 0 Å². The second-order valence-electron chi connectivity index (χ2n) is 4.48. The minimum absolute atomic E-state index is 0.697. The molecule has 2 rings (SSSR count). The molecule has 2 aromatic carbocycles. The molecule has 0 aromatic heterocycles. The normalized spacial score (nSPS) is 10.2. The topological polar surface area (TPSA) is 47.3 Å².